The van der Waals surface area contributed by atoms with Crippen LogP contribution in [0.5, 0.6) is 5.75 Å². The quantitative estimate of drug-likeness (QED) is 0.300. The third-order valence-corrected chi connectivity index (χ3v) is 16.5. The van der Waals surface area contributed by atoms with Crippen LogP contribution in [0.2, 0.25) is 5.02 Å². The van der Waals surface area contributed by atoms with Crippen molar-refractivity contribution in [3.63, 3.8) is 0 Å². The first-order valence-electron chi connectivity index (χ1n) is 20.2. The minimum Gasteiger partial charge on any atom is -0.490 e. The summed E-state index contributed by atoms with van der Waals surface area (Å²) in [6, 6.07) is 12.6. The maximum atomic E-state index is 14.1. The minimum absolute atomic E-state index is 0.0313. The number of piperazine rings is 1. The van der Waals surface area contributed by atoms with E-state index in [1.54, 1.807) is 6.07 Å². The second kappa shape index (κ2) is 15.4. The molecular formula is C43H59ClN4O5S. The third kappa shape index (κ3) is 7.36. The fourth-order valence-electron chi connectivity index (χ4n) is 10.4. The number of methoxy groups -OCH3 is 1. The molecule has 1 N–H and O–H groups in total. The van der Waals surface area contributed by atoms with Crippen LogP contribution in [-0.4, -0.2) is 115 Å². The molecule has 2 saturated heterocycles. The van der Waals surface area contributed by atoms with Gasteiger partial charge in [-0.1, -0.05) is 36.7 Å². The predicted molar refractivity (Wildman–Crippen MR) is 219 cm³/mol. The Bertz CT molecular complexity index is 1840. The molecule has 4 heterocycles. The second-order valence-electron chi connectivity index (χ2n) is 17.2. The first kappa shape index (κ1) is 38.3. The molecule has 54 heavy (non-hydrogen) atoms. The first-order valence-corrected chi connectivity index (χ1v) is 22.4. The summed E-state index contributed by atoms with van der Waals surface area (Å²) in [5, 5.41) is 0.436. The Morgan fingerprint density at radius 3 is 2.67 bits per heavy atom. The van der Waals surface area contributed by atoms with Gasteiger partial charge in [0.15, 0.2) is 0 Å². The zero-order valence-electron chi connectivity index (χ0n) is 32.4. The predicted octanol–water partition coefficient (Wildman–Crippen LogP) is 5.98. The van der Waals surface area contributed by atoms with Crippen molar-refractivity contribution in [3.05, 3.63) is 70.3 Å². The van der Waals surface area contributed by atoms with Gasteiger partial charge in [0, 0.05) is 86.8 Å². The Balaban J connectivity index is 1.16. The highest BCUT2D eigenvalue weighted by atomic mass is 35.5. The number of hydrogen-bond donors (Lipinski definition) is 1. The van der Waals surface area contributed by atoms with Crippen LogP contribution < -0.4 is 14.4 Å². The van der Waals surface area contributed by atoms with Gasteiger partial charge in [0.05, 0.1) is 28.6 Å². The Morgan fingerprint density at radius 2 is 1.93 bits per heavy atom. The number of aryl methyl sites for hydroxylation is 1. The summed E-state index contributed by atoms with van der Waals surface area (Å²) in [5.41, 5.74) is 3.31. The van der Waals surface area contributed by atoms with Gasteiger partial charge in [-0.15, -0.1) is 0 Å². The Hall–Kier alpha value is -2.60. The van der Waals surface area contributed by atoms with Crippen LogP contribution >= 0.6 is 11.6 Å². The zero-order chi connectivity index (χ0) is 37.7. The lowest BCUT2D eigenvalue weighted by Gasteiger charge is -2.52. The number of anilines is 1. The van der Waals surface area contributed by atoms with Crippen LogP contribution in [0.1, 0.15) is 73.9 Å². The molecule has 1 spiro atoms. The van der Waals surface area contributed by atoms with E-state index in [-0.39, 0.29) is 22.5 Å². The van der Waals surface area contributed by atoms with Crippen LogP contribution in [-0.2, 0) is 31.0 Å². The fourth-order valence-corrected chi connectivity index (χ4v) is 12.0. The molecule has 6 aliphatic rings. The molecule has 1 saturated carbocycles. The van der Waals surface area contributed by atoms with E-state index in [0.29, 0.717) is 30.0 Å². The summed E-state index contributed by atoms with van der Waals surface area (Å²) in [4.78, 5) is 21.6. The number of hydrogen-bond acceptors (Lipinski definition) is 8. The topological polar surface area (TPSA) is 83.6 Å². The van der Waals surface area contributed by atoms with Gasteiger partial charge in [0.2, 0.25) is 0 Å². The van der Waals surface area contributed by atoms with Crippen LogP contribution in [0.25, 0.3) is 0 Å². The molecule has 0 radical (unpaired) electrons. The Labute approximate surface area is 327 Å². The van der Waals surface area contributed by atoms with Gasteiger partial charge >= 0.3 is 0 Å². The molecule has 294 valence electrons. The number of nitrogens with one attached hydrogen (secondary N) is 1. The van der Waals surface area contributed by atoms with Crippen molar-refractivity contribution in [3.8, 4) is 5.75 Å². The summed E-state index contributed by atoms with van der Waals surface area (Å²) < 4.78 is 36.2. The van der Waals surface area contributed by atoms with E-state index in [1.165, 1.54) is 11.1 Å². The molecule has 8 rings (SSSR count). The minimum atomic E-state index is -2.96. The fraction of sp³-hybridized carbons (Fsp3) is 0.628. The molecule has 2 aromatic carbocycles. The van der Waals surface area contributed by atoms with Gasteiger partial charge < -0.3 is 19.1 Å². The lowest BCUT2D eigenvalue weighted by atomic mass is 9.63. The number of rotatable bonds is 4. The van der Waals surface area contributed by atoms with E-state index in [4.69, 9.17) is 25.8 Å². The molecule has 11 heteroatoms. The van der Waals surface area contributed by atoms with Crippen LogP contribution in [0, 0.1) is 17.8 Å². The maximum Gasteiger partial charge on any atom is 0.262 e. The van der Waals surface area contributed by atoms with Crippen LogP contribution in [0.3, 0.4) is 0 Å². The van der Waals surface area contributed by atoms with Gasteiger partial charge in [-0.3, -0.25) is 19.3 Å². The van der Waals surface area contributed by atoms with E-state index in [2.05, 4.69) is 56.5 Å². The highest BCUT2D eigenvalue weighted by molar-refractivity contribution is 7.99. The number of ether oxygens (including phenoxy) is 3. The summed E-state index contributed by atoms with van der Waals surface area (Å²) in [6.07, 6.45) is 11.7. The van der Waals surface area contributed by atoms with Gasteiger partial charge in [-0.05, 0) is 117 Å². The third-order valence-electron chi connectivity index (χ3n) is 14.1. The molecular weight excluding hydrogens is 720 g/mol. The molecule has 2 unspecified atom stereocenters. The number of nitrogens with zero attached hydrogens (tertiary/aromatic N) is 3. The lowest BCUT2D eigenvalue weighted by molar-refractivity contribution is -0.0964. The van der Waals surface area contributed by atoms with E-state index < -0.39 is 15.3 Å². The second-order valence-corrected chi connectivity index (χ2v) is 20.0. The molecule has 1 amide bonds. The van der Waals surface area contributed by atoms with Crippen molar-refractivity contribution < 1.29 is 23.2 Å². The van der Waals surface area contributed by atoms with E-state index in [0.717, 1.165) is 120 Å². The number of halogens is 1. The number of benzene rings is 2. The van der Waals surface area contributed by atoms with Crippen LogP contribution in [0.4, 0.5) is 5.69 Å². The van der Waals surface area contributed by atoms with E-state index >= 15 is 0 Å². The normalized spacial score (nSPS) is 37.0. The summed E-state index contributed by atoms with van der Waals surface area (Å²) in [5.74, 6) is 5.22. The standard InChI is InChI=1S/C43H59ClN4O5S/c1-30-7-5-17-43(51-3,28-46-18-20-47(21-19-46)36-15-22-52-26-36)38-12-9-34(38)25-48-27-42(16-6-8-32-23-35(44)11-13-37(32)42)29-53-40-14-10-33(24-39(40)48)41(49)45-54(4,50)31(30)2/h5,10-11,13-14,17,23-24,30-31,34,36,38H,4,6-9,12,15-16,18-22,25-29H2,1-3H3,(H,45,49,50)/b17-5+/t30-,31+,34-,36?,38+,42-,43+,54?/m0/s1. The van der Waals surface area contributed by atoms with Gasteiger partial charge in [-0.25, -0.2) is 4.21 Å². The smallest absolute Gasteiger partial charge is 0.262 e. The molecule has 2 aromatic rings. The van der Waals surface area contributed by atoms with Crippen molar-refractivity contribution in [2.24, 2.45) is 17.8 Å². The monoisotopic (exact) mass is 778 g/mol. The molecule has 4 aliphatic heterocycles. The first-order chi connectivity index (χ1) is 26.0. The molecule has 9 nitrogen and oxygen atoms in total. The van der Waals surface area contributed by atoms with Crippen molar-refractivity contribution in [1.29, 1.82) is 0 Å². The number of allylic oxidation sites excluding steroid dienone is 1. The average molecular weight is 779 g/mol. The van der Waals surface area contributed by atoms with Crippen molar-refractivity contribution in [2.75, 3.05) is 77.6 Å². The number of fused-ring (bicyclic) bond motifs is 4. The van der Waals surface area contributed by atoms with Gasteiger partial charge in [0.1, 0.15) is 11.4 Å². The molecule has 3 fully saturated rings. The maximum absolute atomic E-state index is 14.1. The van der Waals surface area contributed by atoms with E-state index in [1.807, 2.05) is 32.2 Å². The molecule has 8 atom stereocenters. The SMILES string of the molecule is C=S1(=O)NC(=O)c2ccc3c(c2)N(C[C@@H]2CC[C@H]2[C@@](CN2CCN(C4CCOC4)CC2)(OC)/C=C/C[C@H](C)[C@H]1C)C[C@@]1(CCCc2cc(Cl)ccc21)CO3. The summed E-state index contributed by atoms with van der Waals surface area (Å²) in [6.45, 7) is 12.9. The van der Waals surface area contributed by atoms with Gasteiger partial charge in [-0.2, -0.15) is 0 Å². The van der Waals surface area contributed by atoms with Crippen LogP contribution in [0.15, 0.2) is 48.6 Å². The Morgan fingerprint density at radius 1 is 1.09 bits per heavy atom. The summed E-state index contributed by atoms with van der Waals surface area (Å²) in [7, 11) is -1.06. The number of carbonyl (C=O) groups is 1. The van der Waals surface area contributed by atoms with E-state index in [9.17, 15) is 9.00 Å². The average Bonchev–Trinajstić information content (AvgIpc) is 3.65. The highest BCUT2D eigenvalue weighted by Gasteiger charge is 2.50. The summed E-state index contributed by atoms with van der Waals surface area (Å²) >= 11 is 6.53. The lowest BCUT2D eigenvalue weighted by Crippen LogP contribution is -2.59. The van der Waals surface area contributed by atoms with Crippen molar-refractivity contribution >= 4 is 38.8 Å². The number of amides is 1. The number of carbonyl (C=O) groups excluding carboxylic acids is 1. The van der Waals surface area contributed by atoms with Gasteiger partial charge in [0.25, 0.3) is 5.91 Å². The van der Waals surface area contributed by atoms with Crippen molar-refractivity contribution in [1.82, 2.24) is 14.5 Å². The Kier molecular flexibility index (Phi) is 10.9. The molecule has 0 aromatic heterocycles. The largest absolute Gasteiger partial charge is 0.490 e. The zero-order valence-corrected chi connectivity index (χ0v) is 34.0. The van der Waals surface area contributed by atoms with Crippen molar-refractivity contribution in [2.45, 2.75) is 81.1 Å². The molecule has 2 aliphatic carbocycles. The highest BCUT2D eigenvalue weighted by Crippen LogP contribution is 2.49. The molecule has 2 bridgehead atoms.